The number of benzene rings is 1. The molecule has 1 nitrogen and oxygen atoms in total. The Morgan fingerprint density at radius 2 is 1.94 bits per heavy atom. The molecule has 1 fully saturated rings. The van der Waals surface area contributed by atoms with Crippen LogP contribution in [0.4, 0.5) is 8.78 Å². The second-order valence-electron chi connectivity index (χ2n) is 4.86. The zero-order valence-corrected chi connectivity index (χ0v) is 11.4. The lowest BCUT2D eigenvalue weighted by molar-refractivity contribution is 0.152. The molecule has 3 atom stereocenters. The van der Waals surface area contributed by atoms with Gasteiger partial charge >= 0.3 is 0 Å². The van der Waals surface area contributed by atoms with Gasteiger partial charge in [0.2, 0.25) is 0 Å². The third-order valence-electron chi connectivity index (χ3n) is 3.83. The van der Waals surface area contributed by atoms with Crippen LogP contribution in [0.5, 0.6) is 5.75 Å². The molecule has 1 aliphatic carbocycles. The molecule has 1 heterocycles. The molecule has 4 heteroatoms. The Labute approximate surface area is 113 Å². The molecule has 3 unspecified atom stereocenters. The predicted octanol–water partition coefficient (Wildman–Crippen LogP) is 4.04. The Kier molecular flexibility index (Phi) is 3.00. The van der Waals surface area contributed by atoms with Crippen molar-refractivity contribution >= 4 is 22.6 Å². The highest BCUT2D eigenvalue weighted by Gasteiger charge is 2.38. The molecule has 0 aromatic heterocycles. The lowest BCUT2D eigenvalue weighted by Gasteiger charge is -2.38. The summed E-state index contributed by atoms with van der Waals surface area (Å²) in [5.74, 6) is -0.118. The van der Waals surface area contributed by atoms with E-state index in [-0.39, 0.29) is 17.5 Å². The highest BCUT2D eigenvalue weighted by molar-refractivity contribution is 14.1. The van der Waals surface area contributed by atoms with E-state index < -0.39 is 5.82 Å². The average Bonchev–Trinajstić information content (AvgIpc) is 2.32. The van der Waals surface area contributed by atoms with Crippen LogP contribution in [-0.4, -0.2) is 10.5 Å². The normalized spacial score (nSPS) is 31.4. The Morgan fingerprint density at radius 1 is 1.18 bits per heavy atom. The van der Waals surface area contributed by atoms with Gasteiger partial charge in [-0.25, -0.2) is 8.78 Å². The number of ether oxygens (including phenoxy) is 1. The third-order valence-corrected chi connectivity index (χ3v) is 4.96. The molecule has 3 rings (SSSR count). The van der Waals surface area contributed by atoms with E-state index in [1.165, 1.54) is 6.07 Å². The maximum atomic E-state index is 13.9. The molecule has 1 saturated carbocycles. The Bertz CT molecular complexity index is 449. The van der Waals surface area contributed by atoms with Crippen molar-refractivity contribution in [3.8, 4) is 5.75 Å². The first-order valence-electron chi connectivity index (χ1n) is 5.91. The van der Waals surface area contributed by atoms with Crippen LogP contribution in [0.1, 0.15) is 30.7 Å². The molecule has 2 aliphatic rings. The highest BCUT2D eigenvalue weighted by Crippen LogP contribution is 2.48. The van der Waals surface area contributed by atoms with Crippen LogP contribution in [0, 0.1) is 17.6 Å². The minimum atomic E-state index is -0.434. The van der Waals surface area contributed by atoms with E-state index in [0.717, 1.165) is 25.3 Å². The van der Waals surface area contributed by atoms with Gasteiger partial charge in [-0.05, 0) is 37.3 Å². The summed E-state index contributed by atoms with van der Waals surface area (Å²) in [5.41, 5.74) is 0.476. The van der Waals surface area contributed by atoms with Crippen molar-refractivity contribution in [1.82, 2.24) is 0 Å². The van der Waals surface area contributed by atoms with E-state index >= 15 is 0 Å². The van der Waals surface area contributed by atoms with Crippen molar-refractivity contribution in [3.63, 3.8) is 0 Å². The van der Waals surface area contributed by atoms with Crippen LogP contribution in [0.25, 0.3) is 0 Å². The number of hydrogen-bond acceptors (Lipinski definition) is 1. The summed E-state index contributed by atoms with van der Waals surface area (Å²) >= 11 is 2.44. The van der Waals surface area contributed by atoms with Crippen LogP contribution < -0.4 is 4.74 Å². The van der Waals surface area contributed by atoms with Crippen molar-refractivity contribution in [2.75, 3.05) is 6.61 Å². The summed E-state index contributed by atoms with van der Waals surface area (Å²) in [4.78, 5) is 0. The van der Waals surface area contributed by atoms with Crippen LogP contribution in [0.2, 0.25) is 0 Å². The third kappa shape index (κ3) is 1.94. The maximum Gasteiger partial charge on any atom is 0.165 e. The molecule has 1 aromatic rings. The largest absolute Gasteiger partial charge is 0.490 e. The molecule has 0 bridgehead atoms. The fourth-order valence-electron chi connectivity index (χ4n) is 3.00. The molecule has 92 valence electrons. The smallest absolute Gasteiger partial charge is 0.165 e. The fourth-order valence-corrected chi connectivity index (χ4v) is 4.02. The van der Waals surface area contributed by atoms with Gasteiger partial charge in [0.1, 0.15) is 5.82 Å². The van der Waals surface area contributed by atoms with Gasteiger partial charge in [0.15, 0.2) is 11.6 Å². The molecule has 0 spiro atoms. The molecule has 0 N–H and O–H groups in total. The number of fused-ring (bicyclic) bond motifs is 3. The van der Waals surface area contributed by atoms with Crippen LogP contribution in [0.15, 0.2) is 12.1 Å². The summed E-state index contributed by atoms with van der Waals surface area (Å²) in [7, 11) is 0. The molecular weight excluding hydrogens is 337 g/mol. The van der Waals surface area contributed by atoms with Crippen molar-refractivity contribution in [2.45, 2.75) is 29.1 Å². The van der Waals surface area contributed by atoms with Crippen LogP contribution >= 0.6 is 22.6 Å². The Balaban J connectivity index is 2.04. The summed E-state index contributed by atoms with van der Waals surface area (Å²) in [6.45, 7) is 0.525. The van der Waals surface area contributed by atoms with E-state index in [9.17, 15) is 8.78 Å². The van der Waals surface area contributed by atoms with Crippen LogP contribution in [0.3, 0.4) is 0 Å². The second kappa shape index (κ2) is 4.37. The Morgan fingerprint density at radius 3 is 2.76 bits per heavy atom. The fraction of sp³-hybridized carbons (Fsp3) is 0.538. The average molecular weight is 350 g/mol. The second-order valence-corrected chi connectivity index (χ2v) is 6.62. The number of alkyl halides is 1. The van der Waals surface area contributed by atoms with Gasteiger partial charge in [0, 0.05) is 15.4 Å². The van der Waals surface area contributed by atoms with Crippen LogP contribution in [-0.2, 0) is 0 Å². The first-order chi connectivity index (χ1) is 8.16. The summed E-state index contributed by atoms with van der Waals surface area (Å²) < 4.78 is 33.5. The van der Waals surface area contributed by atoms with Gasteiger partial charge in [-0.3, -0.25) is 0 Å². The Hall–Kier alpha value is -0.390. The molecular formula is C13H13F2IO. The van der Waals surface area contributed by atoms with Gasteiger partial charge in [-0.1, -0.05) is 22.6 Å². The van der Waals surface area contributed by atoms with E-state index in [1.54, 1.807) is 0 Å². The first kappa shape index (κ1) is 11.7. The standard InChI is InChI=1S/C13H13F2IO/c14-10-3-4-11(15)13-12(10)9-2-1-8(16)5-7(9)6-17-13/h3-4,7-9H,1-2,5-6H2. The first-order valence-corrected chi connectivity index (χ1v) is 7.16. The topological polar surface area (TPSA) is 9.23 Å². The quantitative estimate of drug-likeness (QED) is 0.507. The summed E-state index contributed by atoms with van der Waals surface area (Å²) in [6.07, 6.45) is 3.06. The monoisotopic (exact) mass is 350 g/mol. The van der Waals surface area contributed by atoms with Gasteiger partial charge in [-0.2, -0.15) is 0 Å². The SMILES string of the molecule is Fc1ccc(F)c2c1OCC1CC(I)CCC21. The van der Waals surface area contributed by atoms with Gasteiger partial charge in [0.05, 0.1) is 6.61 Å². The zero-order valence-electron chi connectivity index (χ0n) is 9.26. The minimum Gasteiger partial charge on any atom is -0.490 e. The van der Waals surface area contributed by atoms with Crippen molar-refractivity contribution in [3.05, 3.63) is 29.3 Å². The van der Waals surface area contributed by atoms with Crippen molar-refractivity contribution < 1.29 is 13.5 Å². The van der Waals surface area contributed by atoms with Gasteiger partial charge < -0.3 is 4.74 Å². The zero-order chi connectivity index (χ0) is 12.0. The molecule has 1 aliphatic heterocycles. The lowest BCUT2D eigenvalue weighted by atomic mass is 9.74. The molecule has 0 amide bonds. The minimum absolute atomic E-state index is 0.139. The van der Waals surface area contributed by atoms with E-state index in [4.69, 9.17) is 4.74 Å². The van der Waals surface area contributed by atoms with Crippen molar-refractivity contribution in [2.24, 2.45) is 5.92 Å². The van der Waals surface area contributed by atoms with Gasteiger partial charge in [0.25, 0.3) is 0 Å². The molecule has 0 saturated heterocycles. The predicted molar refractivity (Wildman–Crippen MR) is 69.7 cm³/mol. The number of halogens is 3. The summed E-state index contributed by atoms with van der Waals surface area (Å²) in [5, 5.41) is 0. The maximum absolute atomic E-state index is 13.9. The molecule has 17 heavy (non-hydrogen) atoms. The van der Waals surface area contributed by atoms with E-state index in [2.05, 4.69) is 22.6 Å². The van der Waals surface area contributed by atoms with Crippen molar-refractivity contribution in [1.29, 1.82) is 0 Å². The molecule has 0 radical (unpaired) electrons. The lowest BCUT2D eigenvalue weighted by Crippen LogP contribution is -2.33. The number of rotatable bonds is 0. The highest BCUT2D eigenvalue weighted by atomic mass is 127. The number of hydrogen-bond donors (Lipinski definition) is 0. The van der Waals surface area contributed by atoms with E-state index in [1.807, 2.05) is 0 Å². The summed E-state index contributed by atoms with van der Waals surface area (Å²) in [6, 6.07) is 2.37. The van der Waals surface area contributed by atoms with Gasteiger partial charge in [-0.15, -0.1) is 0 Å². The van der Waals surface area contributed by atoms with E-state index in [0.29, 0.717) is 22.0 Å². The molecule has 1 aromatic carbocycles.